The first kappa shape index (κ1) is 3.34. The van der Waals surface area contributed by atoms with E-state index in [9.17, 15) is 0 Å². The van der Waals surface area contributed by atoms with Crippen LogP contribution in [0.5, 0.6) is 0 Å². The predicted molar refractivity (Wildman–Crippen MR) is 15.2 cm³/mol. The molecule has 0 rings (SSSR count). The largest absolute Gasteiger partial charge is 0.336 e. The Morgan fingerprint density at radius 3 is 2.25 bits per heavy atom. The van der Waals surface area contributed by atoms with Gasteiger partial charge in [-0.3, -0.25) is 4.79 Å². The van der Waals surface area contributed by atoms with E-state index in [1.165, 1.54) is 6.41 Å². The van der Waals surface area contributed by atoms with Crippen LogP contribution >= 0.6 is 0 Å². The third kappa shape index (κ3) is 1.34. The summed E-state index contributed by atoms with van der Waals surface area (Å²) in [5, 5.41) is 0. The van der Waals surface area contributed by atoms with Crippen LogP contribution in [-0.4, -0.2) is 13.1 Å². The zero-order valence-electron chi connectivity index (χ0n) is 2.06. The zero-order chi connectivity index (χ0) is 3.41. The van der Waals surface area contributed by atoms with E-state index < -0.39 is 0 Å². The van der Waals surface area contributed by atoms with Gasteiger partial charge in [0.05, 0.1) is 0 Å². The molecule has 0 bridgehead atoms. The summed E-state index contributed by atoms with van der Waals surface area (Å²) in [5.74, 6) is 0. The highest BCUT2D eigenvalue weighted by atomic mass is 16.1. The van der Waals surface area contributed by atoms with Crippen molar-refractivity contribution in [2.75, 3.05) is 0 Å². The highest BCUT2D eigenvalue weighted by molar-refractivity contribution is 5.56. The van der Waals surface area contributed by atoms with Gasteiger partial charge in [-0.1, -0.05) is 0 Å². The zero-order valence-corrected chi connectivity index (χ0v) is 2.06. The van der Waals surface area contributed by atoms with Crippen molar-refractivity contribution in [2.24, 2.45) is 4.99 Å². The quantitative estimate of drug-likeness (QED) is 0.381. The number of rotatable bonds is 1. The van der Waals surface area contributed by atoms with E-state index in [-0.39, 0.29) is 0 Å². The minimum absolute atomic E-state index is 1.19. The molecule has 1 radical (unpaired) electrons. The molecule has 2 heteroatoms. The lowest BCUT2D eigenvalue weighted by Gasteiger charge is -1.38. The molecular formula is C2H2NO. The van der Waals surface area contributed by atoms with E-state index in [4.69, 9.17) is 4.79 Å². The fourth-order valence-electron chi connectivity index (χ4n) is 0. The van der Waals surface area contributed by atoms with Gasteiger partial charge < -0.3 is 0 Å². The lowest BCUT2D eigenvalue weighted by molar-refractivity contribution is 0.558. The summed E-state index contributed by atoms with van der Waals surface area (Å²) in [4.78, 5) is 11.5. The van der Waals surface area contributed by atoms with Gasteiger partial charge in [0.25, 0.3) is 0 Å². The van der Waals surface area contributed by atoms with Gasteiger partial charge in [-0.25, -0.2) is 4.99 Å². The lowest BCUT2D eigenvalue weighted by atomic mass is 11.4. The predicted octanol–water partition coefficient (Wildman–Crippen LogP) is -0.246. The van der Waals surface area contributed by atoms with Crippen molar-refractivity contribution in [3.8, 4) is 0 Å². The number of nitrogens with zero attached hydrogens (tertiary/aromatic N) is 1. The first-order valence-electron chi connectivity index (χ1n) is 0.744. The molecule has 0 heterocycles. The van der Waals surface area contributed by atoms with Crippen molar-refractivity contribution >= 4 is 13.1 Å². The van der Waals surface area contributed by atoms with Crippen LogP contribution in [0.1, 0.15) is 0 Å². The molecule has 0 atom stereocenters. The maximum absolute atomic E-state index is 8.82. The molecule has 0 aromatic carbocycles. The van der Waals surface area contributed by atoms with E-state index in [0.717, 1.165) is 0 Å². The summed E-state index contributed by atoms with van der Waals surface area (Å²) in [7, 11) is 0. The molecule has 0 aromatic heterocycles. The minimum atomic E-state index is 1.19. The van der Waals surface area contributed by atoms with E-state index >= 15 is 0 Å². The van der Waals surface area contributed by atoms with Crippen molar-refractivity contribution in [2.45, 2.75) is 0 Å². The van der Waals surface area contributed by atoms with E-state index in [1.54, 1.807) is 0 Å². The number of carbonyl (C=O) groups excluding carboxylic acids is 1. The molecule has 0 aliphatic carbocycles. The topological polar surface area (TPSA) is 29.4 Å². The van der Waals surface area contributed by atoms with Crippen molar-refractivity contribution in [1.29, 1.82) is 0 Å². The molecule has 0 saturated carbocycles. The first-order valence-corrected chi connectivity index (χ1v) is 0.744. The van der Waals surface area contributed by atoms with Gasteiger partial charge >= 0.3 is 6.41 Å². The Labute approximate surface area is 24.2 Å². The maximum atomic E-state index is 8.82. The molecule has 4 heavy (non-hydrogen) atoms. The van der Waals surface area contributed by atoms with Gasteiger partial charge in [-0.2, -0.15) is 0 Å². The van der Waals surface area contributed by atoms with E-state index in [1.807, 2.05) is 0 Å². The number of hydrogen-bond donors (Lipinski definition) is 0. The molecular weight excluding hydrogens is 54.0 g/mol. The second-order valence-corrected chi connectivity index (χ2v) is 0.249. The van der Waals surface area contributed by atoms with E-state index in [2.05, 4.69) is 11.7 Å². The number of aliphatic imine (C=N–C) groups is 1. The molecule has 0 unspecified atom stereocenters. The summed E-state index contributed by atoms with van der Waals surface area (Å²) in [6.07, 6.45) is 1.19. The second-order valence-electron chi connectivity index (χ2n) is 0.249. The summed E-state index contributed by atoms with van der Waals surface area (Å²) in [5.41, 5.74) is 0. The van der Waals surface area contributed by atoms with Crippen LogP contribution < -0.4 is 0 Å². The van der Waals surface area contributed by atoms with Crippen molar-refractivity contribution < 1.29 is 4.79 Å². The molecule has 0 aliphatic rings. The molecule has 21 valence electrons. The maximum Gasteiger partial charge on any atom is 0.336 e. The standard InChI is InChI=1S/C2H2NO/c1-3-2-4/h1H2. The van der Waals surface area contributed by atoms with Gasteiger partial charge in [0.1, 0.15) is 0 Å². The van der Waals surface area contributed by atoms with Crippen LogP contribution in [0.4, 0.5) is 0 Å². The Morgan fingerprint density at radius 1 is 2.00 bits per heavy atom. The fraction of sp³-hybridized carbons (Fsp3) is 0. The lowest BCUT2D eigenvalue weighted by Crippen LogP contribution is -1.46. The van der Waals surface area contributed by atoms with Gasteiger partial charge in [-0.05, 0) is 6.72 Å². The van der Waals surface area contributed by atoms with E-state index in [0.29, 0.717) is 0 Å². The van der Waals surface area contributed by atoms with Crippen molar-refractivity contribution in [3.63, 3.8) is 0 Å². The number of hydrogen-bond acceptors (Lipinski definition) is 1. The van der Waals surface area contributed by atoms with Gasteiger partial charge in [0, 0.05) is 0 Å². The smallest absolute Gasteiger partial charge is 0.261 e. The number of amides is 1. The van der Waals surface area contributed by atoms with Crippen molar-refractivity contribution in [3.05, 3.63) is 0 Å². The summed E-state index contributed by atoms with van der Waals surface area (Å²) < 4.78 is 0. The minimum Gasteiger partial charge on any atom is -0.261 e. The normalized spacial score (nSPS) is 5.00. The second kappa shape index (κ2) is 2.34. The Balaban J connectivity index is 2.73. The van der Waals surface area contributed by atoms with Crippen LogP contribution in [0.15, 0.2) is 4.99 Å². The first-order chi connectivity index (χ1) is 1.91. The summed E-state index contributed by atoms with van der Waals surface area (Å²) in [6.45, 7) is 2.81. The van der Waals surface area contributed by atoms with Gasteiger partial charge in [0.2, 0.25) is 0 Å². The molecule has 1 amide bonds. The van der Waals surface area contributed by atoms with Gasteiger partial charge in [-0.15, -0.1) is 0 Å². The molecule has 0 N–H and O–H groups in total. The van der Waals surface area contributed by atoms with Gasteiger partial charge in [0.15, 0.2) is 0 Å². The van der Waals surface area contributed by atoms with Crippen LogP contribution in [0, 0.1) is 0 Å². The highest BCUT2D eigenvalue weighted by Gasteiger charge is 1.42. The average molecular weight is 56.0 g/mol. The molecule has 2 nitrogen and oxygen atoms in total. The SMILES string of the molecule is C=N[C]=O. The Hall–Kier alpha value is -0.660. The van der Waals surface area contributed by atoms with Crippen LogP contribution in [0.2, 0.25) is 0 Å². The molecule has 0 spiro atoms. The third-order valence-corrected chi connectivity index (χ3v) is 0.0645. The average Bonchev–Trinajstić information content (AvgIpc) is 1.37. The Morgan fingerprint density at radius 2 is 2.25 bits per heavy atom. The molecule has 0 aliphatic heterocycles. The Kier molecular flexibility index (Phi) is 1.95. The third-order valence-electron chi connectivity index (χ3n) is 0.0645. The van der Waals surface area contributed by atoms with Crippen LogP contribution in [-0.2, 0) is 4.79 Å². The Bertz CT molecular complexity index is 27.0. The monoisotopic (exact) mass is 56.0 g/mol. The molecule has 0 saturated heterocycles. The van der Waals surface area contributed by atoms with Crippen molar-refractivity contribution in [1.82, 2.24) is 0 Å². The summed E-state index contributed by atoms with van der Waals surface area (Å²) in [6, 6.07) is 0. The van der Waals surface area contributed by atoms with Crippen LogP contribution in [0.25, 0.3) is 0 Å². The van der Waals surface area contributed by atoms with Crippen LogP contribution in [0.3, 0.4) is 0 Å². The molecule has 0 fully saturated rings. The fourth-order valence-corrected chi connectivity index (χ4v) is 0. The summed E-state index contributed by atoms with van der Waals surface area (Å²) >= 11 is 0. The highest BCUT2D eigenvalue weighted by Crippen LogP contribution is 1.31. The molecule has 0 aromatic rings.